The fourth-order valence-corrected chi connectivity index (χ4v) is 3.05. The molecule has 0 bridgehead atoms. The van der Waals surface area contributed by atoms with Crippen molar-refractivity contribution in [3.63, 3.8) is 0 Å². The molecule has 1 fully saturated rings. The Morgan fingerprint density at radius 3 is 2.87 bits per heavy atom. The predicted octanol–water partition coefficient (Wildman–Crippen LogP) is 2.53. The molecule has 0 unspecified atom stereocenters. The molecule has 0 radical (unpaired) electrons. The summed E-state index contributed by atoms with van der Waals surface area (Å²) in [7, 11) is 0. The van der Waals surface area contributed by atoms with Gasteiger partial charge in [-0.25, -0.2) is 4.98 Å². The van der Waals surface area contributed by atoms with Crippen molar-refractivity contribution in [3.05, 3.63) is 35.8 Å². The first-order valence-electron chi connectivity index (χ1n) is 7.41. The Morgan fingerprint density at radius 1 is 1.43 bits per heavy atom. The van der Waals surface area contributed by atoms with Gasteiger partial charge in [0, 0.05) is 30.2 Å². The monoisotopic (exact) mass is 331 g/mol. The third kappa shape index (κ3) is 3.50. The largest absolute Gasteiger partial charge is 0.494 e. The molecule has 120 valence electrons. The van der Waals surface area contributed by atoms with Gasteiger partial charge in [-0.3, -0.25) is 9.59 Å². The second-order valence-corrected chi connectivity index (χ2v) is 6.05. The summed E-state index contributed by atoms with van der Waals surface area (Å²) in [5.74, 6) is 0.189. The molecule has 1 saturated heterocycles. The number of anilines is 2. The number of aromatic nitrogens is 1. The van der Waals surface area contributed by atoms with E-state index in [1.165, 1.54) is 11.3 Å². The number of rotatable bonds is 5. The molecule has 0 aliphatic carbocycles. The molecule has 3 rings (SSSR count). The molecule has 1 N–H and O–H groups in total. The third-order valence-electron chi connectivity index (χ3n) is 3.62. The number of ether oxygens (including phenoxy) is 1. The van der Waals surface area contributed by atoms with Crippen LogP contribution in [0.2, 0.25) is 0 Å². The zero-order valence-electron chi connectivity index (χ0n) is 12.7. The average Bonchev–Trinajstić information content (AvgIpc) is 3.18. The van der Waals surface area contributed by atoms with Crippen LogP contribution in [0.15, 0.2) is 35.8 Å². The van der Waals surface area contributed by atoms with Gasteiger partial charge in [-0.2, -0.15) is 0 Å². The molecule has 1 aliphatic rings. The SMILES string of the molecule is CCOc1ccc(N2C[C@@H](C(=O)Nc3nccs3)CC2=O)cc1. The van der Waals surface area contributed by atoms with Crippen molar-refractivity contribution in [2.24, 2.45) is 5.92 Å². The average molecular weight is 331 g/mol. The maximum Gasteiger partial charge on any atom is 0.231 e. The number of nitrogens with zero attached hydrogens (tertiary/aromatic N) is 2. The van der Waals surface area contributed by atoms with E-state index in [1.54, 1.807) is 16.5 Å². The summed E-state index contributed by atoms with van der Waals surface area (Å²) in [5, 5.41) is 5.10. The highest BCUT2D eigenvalue weighted by Crippen LogP contribution is 2.27. The zero-order valence-corrected chi connectivity index (χ0v) is 13.5. The number of hydrogen-bond donors (Lipinski definition) is 1. The first kappa shape index (κ1) is 15.5. The molecule has 23 heavy (non-hydrogen) atoms. The van der Waals surface area contributed by atoms with Crippen molar-refractivity contribution < 1.29 is 14.3 Å². The molecule has 1 aromatic carbocycles. The smallest absolute Gasteiger partial charge is 0.231 e. The minimum Gasteiger partial charge on any atom is -0.494 e. The van der Waals surface area contributed by atoms with E-state index in [0.29, 0.717) is 18.3 Å². The van der Waals surface area contributed by atoms with Gasteiger partial charge in [0.2, 0.25) is 11.8 Å². The van der Waals surface area contributed by atoms with E-state index >= 15 is 0 Å². The van der Waals surface area contributed by atoms with E-state index in [0.717, 1.165) is 11.4 Å². The molecule has 1 atom stereocenters. The lowest BCUT2D eigenvalue weighted by Crippen LogP contribution is -2.28. The summed E-state index contributed by atoms with van der Waals surface area (Å²) < 4.78 is 5.40. The lowest BCUT2D eigenvalue weighted by Gasteiger charge is -2.17. The Balaban J connectivity index is 1.66. The van der Waals surface area contributed by atoms with E-state index in [2.05, 4.69) is 10.3 Å². The Kier molecular flexibility index (Phi) is 4.57. The second kappa shape index (κ2) is 6.78. The van der Waals surface area contributed by atoms with Gasteiger partial charge in [-0.1, -0.05) is 0 Å². The first-order chi connectivity index (χ1) is 11.2. The van der Waals surface area contributed by atoms with Crippen molar-refractivity contribution in [2.75, 3.05) is 23.4 Å². The van der Waals surface area contributed by atoms with Gasteiger partial charge in [0.05, 0.1) is 12.5 Å². The molecule has 2 amide bonds. The van der Waals surface area contributed by atoms with E-state index in [-0.39, 0.29) is 24.2 Å². The van der Waals surface area contributed by atoms with Crippen LogP contribution < -0.4 is 15.0 Å². The van der Waals surface area contributed by atoms with Gasteiger partial charge in [0.15, 0.2) is 5.13 Å². The van der Waals surface area contributed by atoms with Crippen LogP contribution in [-0.2, 0) is 9.59 Å². The minimum absolute atomic E-state index is 0.0477. The van der Waals surface area contributed by atoms with E-state index < -0.39 is 0 Å². The maximum atomic E-state index is 12.2. The highest BCUT2D eigenvalue weighted by atomic mass is 32.1. The summed E-state index contributed by atoms with van der Waals surface area (Å²) in [6.07, 6.45) is 1.84. The van der Waals surface area contributed by atoms with Crippen molar-refractivity contribution in [3.8, 4) is 5.75 Å². The third-order valence-corrected chi connectivity index (χ3v) is 4.31. The Bertz CT molecular complexity index is 685. The van der Waals surface area contributed by atoms with Crippen LogP contribution in [0, 0.1) is 5.92 Å². The maximum absolute atomic E-state index is 12.2. The van der Waals surface area contributed by atoms with Crippen LogP contribution >= 0.6 is 11.3 Å². The lowest BCUT2D eigenvalue weighted by molar-refractivity contribution is -0.122. The number of carbonyl (C=O) groups is 2. The number of carbonyl (C=O) groups excluding carboxylic acids is 2. The fraction of sp³-hybridized carbons (Fsp3) is 0.312. The standard InChI is InChI=1S/C16H17N3O3S/c1-2-22-13-5-3-12(4-6-13)19-10-11(9-14(19)20)15(21)18-16-17-7-8-23-16/h3-8,11H,2,9-10H2,1H3,(H,17,18,21)/t11-/m0/s1. The van der Waals surface area contributed by atoms with Crippen molar-refractivity contribution >= 4 is 34.0 Å². The molecule has 6 nitrogen and oxygen atoms in total. The summed E-state index contributed by atoms with van der Waals surface area (Å²) >= 11 is 1.36. The number of nitrogens with one attached hydrogen (secondary N) is 1. The van der Waals surface area contributed by atoms with Gasteiger partial charge in [-0.05, 0) is 31.2 Å². The van der Waals surface area contributed by atoms with Gasteiger partial charge in [0.1, 0.15) is 5.75 Å². The molecule has 2 heterocycles. The quantitative estimate of drug-likeness (QED) is 0.914. The molecule has 7 heteroatoms. The van der Waals surface area contributed by atoms with Gasteiger partial charge < -0.3 is 15.0 Å². The van der Waals surface area contributed by atoms with Crippen molar-refractivity contribution in [2.45, 2.75) is 13.3 Å². The molecule has 0 spiro atoms. The van der Waals surface area contributed by atoms with E-state index in [4.69, 9.17) is 4.74 Å². The topological polar surface area (TPSA) is 71.5 Å². The number of amides is 2. The van der Waals surface area contributed by atoms with E-state index in [1.807, 2.05) is 31.2 Å². The van der Waals surface area contributed by atoms with Crippen LogP contribution in [0.25, 0.3) is 0 Å². The Labute approximate surface area is 138 Å². The summed E-state index contributed by atoms with van der Waals surface area (Å²) in [6, 6.07) is 7.33. The minimum atomic E-state index is -0.363. The summed E-state index contributed by atoms with van der Waals surface area (Å²) in [6.45, 7) is 2.90. The molecule has 2 aromatic rings. The Morgan fingerprint density at radius 2 is 2.22 bits per heavy atom. The molecule has 1 aliphatic heterocycles. The number of thiazole rings is 1. The summed E-state index contributed by atoms with van der Waals surface area (Å²) in [4.78, 5) is 30.1. The molecular formula is C16H17N3O3S. The van der Waals surface area contributed by atoms with Crippen LogP contribution in [0.4, 0.5) is 10.8 Å². The molecule has 1 aromatic heterocycles. The van der Waals surface area contributed by atoms with Crippen LogP contribution in [0.1, 0.15) is 13.3 Å². The van der Waals surface area contributed by atoms with Crippen molar-refractivity contribution in [1.82, 2.24) is 4.98 Å². The van der Waals surface area contributed by atoms with Gasteiger partial charge >= 0.3 is 0 Å². The predicted molar refractivity (Wildman–Crippen MR) is 88.8 cm³/mol. The summed E-state index contributed by atoms with van der Waals surface area (Å²) in [5.41, 5.74) is 0.781. The molecule has 0 saturated carbocycles. The van der Waals surface area contributed by atoms with Crippen molar-refractivity contribution in [1.29, 1.82) is 0 Å². The van der Waals surface area contributed by atoms with Crippen LogP contribution in [0.5, 0.6) is 5.75 Å². The van der Waals surface area contributed by atoms with Gasteiger partial charge in [0.25, 0.3) is 0 Å². The number of hydrogen-bond acceptors (Lipinski definition) is 5. The fourth-order valence-electron chi connectivity index (χ4n) is 2.51. The lowest BCUT2D eigenvalue weighted by atomic mass is 10.1. The molecular weight excluding hydrogens is 314 g/mol. The van der Waals surface area contributed by atoms with Gasteiger partial charge in [-0.15, -0.1) is 11.3 Å². The highest BCUT2D eigenvalue weighted by Gasteiger charge is 2.35. The highest BCUT2D eigenvalue weighted by molar-refractivity contribution is 7.13. The van der Waals surface area contributed by atoms with Crippen LogP contribution in [-0.4, -0.2) is 29.9 Å². The van der Waals surface area contributed by atoms with Crippen LogP contribution in [0.3, 0.4) is 0 Å². The van der Waals surface area contributed by atoms with E-state index in [9.17, 15) is 9.59 Å². The Hall–Kier alpha value is -2.41. The number of benzene rings is 1. The normalized spacial score (nSPS) is 17.3. The zero-order chi connectivity index (χ0) is 16.2. The second-order valence-electron chi connectivity index (χ2n) is 5.16. The first-order valence-corrected chi connectivity index (χ1v) is 8.29.